The standard InChI is InChI=1S/C48H56F4N2O13S4.3Na/c1-6-7-25-65-46-44(51)42(49)41(43(50)45(46)52)40-30(15-21-38-47(2,3)34-28-32(68-67-66-55)17-19-36(34)53(38)23-8-10-26-69(56,57)58)13-12-14-31(40)16-22-39-48(4,5)35-29-33(71(62,63)64)18-20-37(35)54(39)24-9-11-27-70(59,60)61;;;/h15-22,28-29H,6-14,23-27H2,1-5H3,(H3-,55,56,57,58,59,60,61,62,63,64);;;/q;3*+1/p-3. The molecule has 1 aliphatic carbocycles. The largest absolute Gasteiger partial charge is 1.00 e. The fraction of sp³-hybridized carbons (Fsp3) is 0.438. The Hall–Kier alpha value is -1.43. The average molecular weight is 1140 g/mol. The summed E-state index contributed by atoms with van der Waals surface area (Å²) in [6.07, 6.45) is 8.42. The van der Waals surface area contributed by atoms with Crippen LogP contribution in [0.3, 0.4) is 0 Å². The van der Waals surface area contributed by atoms with Crippen LogP contribution in [0.1, 0.15) is 109 Å². The van der Waals surface area contributed by atoms with Gasteiger partial charge >= 0.3 is 88.7 Å². The molecule has 74 heavy (non-hydrogen) atoms. The van der Waals surface area contributed by atoms with Crippen LogP contribution >= 0.6 is 12.0 Å². The normalized spacial score (nSPS) is 17.4. The van der Waals surface area contributed by atoms with Gasteiger partial charge in [0.05, 0.1) is 54.8 Å². The molecule has 0 fully saturated rings. The van der Waals surface area contributed by atoms with Gasteiger partial charge < -0.3 is 28.6 Å². The van der Waals surface area contributed by atoms with E-state index in [9.17, 15) is 44.2 Å². The predicted molar refractivity (Wildman–Crippen MR) is 252 cm³/mol. The molecule has 0 bridgehead atoms. The SMILES string of the molecule is CCCCOc1c(F)c(F)c(C2=C(C=CC3=[N+](CCCCS(=O)(=O)[O-])c4ccc(SOO[O-])cc4C3(C)C)CCCC2=CC=C2N(CCCCS(=O)(=O)[O-])c3ccc(S(=O)(=O)[O-])cc3C2(C)C)c(F)c1F.[Na+].[Na+].[Na+]. The Kier molecular flexibility index (Phi) is 25.0. The van der Waals surface area contributed by atoms with Crippen LogP contribution < -0.4 is 104 Å². The minimum atomic E-state index is -4.91. The number of unbranched alkanes of at least 4 members (excludes halogenated alkanes) is 3. The van der Waals surface area contributed by atoms with E-state index in [4.69, 9.17) is 4.74 Å². The molecule has 0 aromatic heterocycles. The third kappa shape index (κ3) is 15.7. The van der Waals surface area contributed by atoms with Crippen LogP contribution in [0.4, 0.5) is 28.9 Å². The third-order valence-corrected chi connectivity index (χ3v) is 15.8. The van der Waals surface area contributed by atoms with Crippen molar-refractivity contribution < 1.29 is 169 Å². The number of ether oxygens (including phenoxy) is 1. The zero-order valence-corrected chi connectivity index (χ0v) is 51.8. The summed E-state index contributed by atoms with van der Waals surface area (Å²) in [4.78, 5) is 1.74. The number of hydrogen-bond donors (Lipinski definition) is 0. The van der Waals surface area contributed by atoms with E-state index in [1.165, 1.54) is 18.2 Å². The van der Waals surface area contributed by atoms with Crippen LogP contribution in [0.25, 0.3) is 5.57 Å². The van der Waals surface area contributed by atoms with Gasteiger partial charge in [0.2, 0.25) is 17.3 Å². The number of rotatable bonds is 22. The molecule has 0 spiro atoms. The Labute approximate surface area is 501 Å². The van der Waals surface area contributed by atoms with Gasteiger partial charge in [-0.1, -0.05) is 39.3 Å². The van der Waals surface area contributed by atoms with E-state index in [-0.39, 0.29) is 164 Å². The maximum absolute atomic E-state index is 16.7. The van der Waals surface area contributed by atoms with Crippen molar-refractivity contribution in [3.63, 3.8) is 0 Å². The van der Waals surface area contributed by atoms with E-state index < -0.39 is 92.2 Å². The van der Waals surface area contributed by atoms with Crippen molar-refractivity contribution in [2.75, 3.05) is 36.1 Å². The van der Waals surface area contributed by atoms with Crippen LogP contribution in [0.2, 0.25) is 0 Å². The molecule has 388 valence electrons. The van der Waals surface area contributed by atoms with E-state index in [1.54, 1.807) is 62.1 Å². The maximum atomic E-state index is 16.7. The third-order valence-electron chi connectivity index (χ3n) is 12.9. The van der Waals surface area contributed by atoms with Gasteiger partial charge in [-0.2, -0.15) is 17.7 Å². The molecule has 2 aliphatic heterocycles. The Balaban J connectivity index is 0.00000481. The van der Waals surface area contributed by atoms with Crippen LogP contribution in [0, 0.1) is 23.3 Å². The summed E-state index contributed by atoms with van der Waals surface area (Å²) in [6.45, 7) is 9.13. The molecule has 3 aromatic rings. The zero-order valence-electron chi connectivity index (χ0n) is 42.5. The molecule has 0 N–H and O–H groups in total. The second kappa shape index (κ2) is 27.6. The molecule has 3 aliphatic rings. The number of benzene rings is 3. The van der Waals surface area contributed by atoms with Gasteiger partial charge in [0.15, 0.2) is 23.1 Å². The van der Waals surface area contributed by atoms with Gasteiger partial charge in [0.25, 0.3) is 0 Å². The summed E-state index contributed by atoms with van der Waals surface area (Å²) in [5.74, 6) is -9.38. The zero-order chi connectivity index (χ0) is 52.3. The van der Waals surface area contributed by atoms with Crippen molar-refractivity contribution >= 4 is 65.1 Å². The van der Waals surface area contributed by atoms with E-state index in [0.717, 1.165) is 11.6 Å². The number of anilines is 1. The summed E-state index contributed by atoms with van der Waals surface area (Å²) >= 11 is 0.662. The fourth-order valence-corrected chi connectivity index (χ4v) is 11.4. The van der Waals surface area contributed by atoms with Crippen LogP contribution in [-0.4, -0.2) is 80.4 Å². The van der Waals surface area contributed by atoms with Crippen LogP contribution in [-0.2, 0) is 50.6 Å². The molecule has 3 aromatic carbocycles. The molecule has 6 rings (SSSR count). The minimum absolute atomic E-state index is 0. The van der Waals surface area contributed by atoms with Crippen molar-refractivity contribution in [2.45, 2.75) is 113 Å². The summed E-state index contributed by atoms with van der Waals surface area (Å²) in [5.41, 5.74) is 0.763. The van der Waals surface area contributed by atoms with Gasteiger partial charge in [-0.15, -0.1) is 0 Å². The van der Waals surface area contributed by atoms with Gasteiger partial charge in [-0.25, -0.2) is 34.0 Å². The number of fused-ring (bicyclic) bond motifs is 2. The Morgan fingerprint density at radius 1 is 0.757 bits per heavy atom. The first-order chi connectivity index (χ1) is 33.2. The predicted octanol–water partition coefficient (Wildman–Crippen LogP) is -0.602. The molecule has 2 heterocycles. The molecule has 0 saturated carbocycles. The molecule has 26 heteroatoms. The number of halogens is 4. The summed E-state index contributed by atoms with van der Waals surface area (Å²) in [5, 5.41) is 14.2. The van der Waals surface area contributed by atoms with Crippen molar-refractivity contribution in [1.82, 2.24) is 0 Å². The van der Waals surface area contributed by atoms with Crippen LogP contribution in [0.15, 0.2) is 87.3 Å². The second-order valence-electron chi connectivity index (χ2n) is 18.4. The first-order valence-corrected chi connectivity index (χ1v) is 28.0. The van der Waals surface area contributed by atoms with E-state index in [0.29, 0.717) is 64.5 Å². The smallest absolute Gasteiger partial charge is 0.748 e. The molecule has 0 unspecified atom stereocenters. The monoisotopic (exact) mass is 1140 g/mol. The van der Waals surface area contributed by atoms with Crippen molar-refractivity contribution in [2.24, 2.45) is 0 Å². The van der Waals surface area contributed by atoms with Crippen molar-refractivity contribution in [1.29, 1.82) is 0 Å². The van der Waals surface area contributed by atoms with Crippen molar-refractivity contribution in [3.05, 3.63) is 118 Å². The Morgan fingerprint density at radius 2 is 1.39 bits per heavy atom. The first-order valence-electron chi connectivity index (χ1n) is 22.7. The second-order valence-corrected chi connectivity index (χ2v) is 23.6. The van der Waals surface area contributed by atoms with Crippen LogP contribution in [0.5, 0.6) is 5.75 Å². The molecule has 0 radical (unpaired) electrons. The van der Waals surface area contributed by atoms with E-state index in [1.807, 2.05) is 18.4 Å². The van der Waals surface area contributed by atoms with E-state index in [2.05, 4.69) is 9.37 Å². The number of allylic oxidation sites excluding steroid dienone is 8. The quantitative estimate of drug-likeness (QED) is 0.0141. The average Bonchev–Trinajstić information content (AvgIpc) is 3.63. The van der Waals surface area contributed by atoms with Gasteiger partial charge in [0.1, 0.15) is 16.7 Å². The van der Waals surface area contributed by atoms with Gasteiger partial charge in [-0.05, 0) is 117 Å². The maximum Gasteiger partial charge on any atom is 1.00 e. The molecular weight excluding hydrogens is 1090 g/mol. The van der Waals surface area contributed by atoms with Gasteiger partial charge in [0, 0.05) is 63.9 Å². The molecule has 0 amide bonds. The fourth-order valence-electron chi connectivity index (χ4n) is 9.36. The number of nitrogens with zero attached hydrogens (tertiary/aromatic N) is 2. The summed E-state index contributed by atoms with van der Waals surface area (Å²) in [7, 11) is -14.0. The van der Waals surface area contributed by atoms with Gasteiger partial charge in [-0.3, -0.25) is 5.04 Å². The number of hydrogen-bond acceptors (Lipinski definition) is 15. The molecule has 15 nitrogen and oxygen atoms in total. The first kappa shape index (κ1) is 66.8. The molecule has 0 saturated heterocycles. The molecular formula is C48H53F4N2Na3O13S4. The van der Waals surface area contributed by atoms with Crippen molar-refractivity contribution in [3.8, 4) is 5.75 Å². The minimum Gasteiger partial charge on any atom is -0.748 e. The van der Waals surface area contributed by atoms with E-state index >= 15 is 17.6 Å². The summed E-state index contributed by atoms with van der Waals surface area (Å²) < 4.78 is 182. The molecule has 0 atom stereocenters. The Morgan fingerprint density at radius 3 is 1.99 bits per heavy atom. The summed E-state index contributed by atoms with van der Waals surface area (Å²) in [6, 6.07) is 8.96. The Bertz CT molecular complexity index is 3050. The topological polar surface area (TPSA) is 229 Å².